The van der Waals surface area contributed by atoms with Crippen LogP contribution in [-0.4, -0.2) is 43.7 Å². The second-order valence-electron chi connectivity index (χ2n) is 7.32. The third-order valence-corrected chi connectivity index (χ3v) is 5.25. The molecule has 0 saturated heterocycles. The van der Waals surface area contributed by atoms with Crippen molar-refractivity contribution in [1.82, 2.24) is 9.97 Å². The summed E-state index contributed by atoms with van der Waals surface area (Å²) in [6.07, 6.45) is 1.46. The molecule has 7 nitrogen and oxygen atoms in total. The molecular formula is C26H22F2N2O5. The maximum atomic E-state index is 13.8. The van der Waals surface area contributed by atoms with Gasteiger partial charge in [0.15, 0.2) is 17.3 Å². The summed E-state index contributed by atoms with van der Waals surface area (Å²) in [7, 11) is 4.35. The highest BCUT2D eigenvalue weighted by Crippen LogP contribution is 2.39. The van der Waals surface area contributed by atoms with E-state index in [4.69, 9.17) is 14.2 Å². The number of nitrogens with zero attached hydrogens (tertiary/aromatic N) is 1. The lowest BCUT2D eigenvalue weighted by Gasteiger charge is -2.14. The summed E-state index contributed by atoms with van der Waals surface area (Å²) in [5, 5.41) is 0. The van der Waals surface area contributed by atoms with Crippen LogP contribution in [0, 0.1) is 0 Å². The van der Waals surface area contributed by atoms with Gasteiger partial charge in [0.2, 0.25) is 5.75 Å². The van der Waals surface area contributed by atoms with E-state index in [0.29, 0.717) is 28.3 Å². The van der Waals surface area contributed by atoms with E-state index in [2.05, 4.69) is 14.7 Å². The summed E-state index contributed by atoms with van der Waals surface area (Å²) in [4.78, 5) is 21.5. The Bertz CT molecular complexity index is 1340. The maximum absolute atomic E-state index is 13.8. The molecule has 1 heterocycles. The fraction of sp³-hybridized carbons (Fsp3) is 0.154. The molecule has 0 unspecified atom stereocenters. The molecule has 0 spiro atoms. The average Bonchev–Trinajstić information content (AvgIpc) is 3.30. The van der Waals surface area contributed by atoms with Gasteiger partial charge in [-0.1, -0.05) is 30.3 Å². The number of halogens is 2. The first-order valence-corrected chi connectivity index (χ1v) is 10.5. The van der Waals surface area contributed by atoms with Crippen molar-refractivity contribution in [2.24, 2.45) is 0 Å². The summed E-state index contributed by atoms with van der Waals surface area (Å²) in [5.41, 5.74) is 1.98. The van der Waals surface area contributed by atoms with Gasteiger partial charge in [0.05, 0.1) is 37.9 Å². The fourth-order valence-electron chi connectivity index (χ4n) is 3.65. The second-order valence-corrected chi connectivity index (χ2v) is 7.32. The first-order valence-electron chi connectivity index (χ1n) is 10.5. The number of nitrogens with one attached hydrogen (secondary N) is 1. The largest absolute Gasteiger partial charge is 0.493 e. The minimum absolute atomic E-state index is 0.0752. The Morgan fingerprint density at radius 1 is 0.914 bits per heavy atom. The quantitative estimate of drug-likeness (QED) is 0.248. The maximum Gasteiger partial charge on any atom is 0.387 e. The molecule has 0 aliphatic heterocycles. The Morgan fingerprint density at radius 3 is 2.20 bits per heavy atom. The van der Waals surface area contributed by atoms with Gasteiger partial charge >= 0.3 is 6.61 Å². The van der Waals surface area contributed by atoms with Crippen LogP contribution in [0.5, 0.6) is 23.0 Å². The molecule has 1 N–H and O–H groups in total. The normalized spacial score (nSPS) is 11.5. The lowest BCUT2D eigenvalue weighted by Crippen LogP contribution is -2.07. The molecule has 0 aliphatic rings. The van der Waals surface area contributed by atoms with Crippen LogP contribution in [-0.2, 0) is 0 Å². The molecule has 0 fully saturated rings. The van der Waals surface area contributed by atoms with E-state index in [9.17, 15) is 13.6 Å². The number of Topliss-reactive ketones (excluding diaryl/α,β-unsaturated/α-hetero) is 1. The summed E-state index contributed by atoms with van der Waals surface area (Å²) in [6, 6.07) is 16.5. The lowest BCUT2D eigenvalue weighted by atomic mass is 9.99. The Balaban J connectivity index is 1.91. The van der Waals surface area contributed by atoms with E-state index >= 15 is 0 Å². The molecule has 9 heteroatoms. The number of alkyl halides is 2. The van der Waals surface area contributed by atoms with E-state index in [1.165, 1.54) is 45.6 Å². The van der Waals surface area contributed by atoms with Gasteiger partial charge in [-0.15, -0.1) is 0 Å². The second kappa shape index (κ2) is 10.3. The standard InChI is InChI=1S/C26H22F2N2O5/c1-32-21-13-16(14-22(33-2)24(21)34-3)23(31)17(25-29-18-9-5-6-10-19(18)30-25)12-15-8-4-7-11-20(15)35-26(27)28/h4-14,26H,1-3H3,(H,29,30). The number of hydrogen-bond donors (Lipinski definition) is 1. The third kappa shape index (κ3) is 4.93. The summed E-state index contributed by atoms with van der Waals surface area (Å²) in [5.74, 6) is 0.651. The molecule has 1 aromatic heterocycles. The number of aromatic amines is 1. The van der Waals surface area contributed by atoms with Crippen molar-refractivity contribution in [3.8, 4) is 23.0 Å². The van der Waals surface area contributed by atoms with Crippen molar-refractivity contribution >= 4 is 28.5 Å². The highest BCUT2D eigenvalue weighted by atomic mass is 19.3. The van der Waals surface area contributed by atoms with Crippen LogP contribution < -0.4 is 18.9 Å². The van der Waals surface area contributed by atoms with Crippen LogP contribution >= 0.6 is 0 Å². The number of rotatable bonds is 9. The predicted molar refractivity (Wildman–Crippen MR) is 127 cm³/mol. The number of para-hydroxylation sites is 3. The number of imidazole rings is 1. The van der Waals surface area contributed by atoms with Crippen LogP contribution in [0.1, 0.15) is 21.7 Å². The van der Waals surface area contributed by atoms with Gasteiger partial charge in [-0.3, -0.25) is 4.79 Å². The molecule has 0 saturated carbocycles. The zero-order valence-corrected chi connectivity index (χ0v) is 19.2. The number of hydrogen-bond acceptors (Lipinski definition) is 6. The van der Waals surface area contributed by atoms with Gasteiger partial charge in [-0.25, -0.2) is 4.98 Å². The van der Waals surface area contributed by atoms with E-state index in [-0.39, 0.29) is 28.3 Å². The van der Waals surface area contributed by atoms with Crippen molar-refractivity contribution in [3.63, 3.8) is 0 Å². The minimum atomic E-state index is -3.02. The Morgan fingerprint density at radius 2 is 1.57 bits per heavy atom. The summed E-state index contributed by atoms with van der Waals surface area (Å²) >= 11 is 0. The van der Waals surface area contributed by atoms with Crippen molar-refractivity contribution in [1.29, 1.82) is 0 Å². The number of aromatic nitrogens is 2. The molecule has 0 amide bonds. The van der Waals surface area contributed by atoms with Gasteiger partial charge in [0.1, 0.15) is 11.6 Å². The van der Waals surface area contributed by atoms with Crippen LogP contribution in [0.25, 0.3) is 22.7 Å². The Labute approximate surface area is 199 Å². The Kier molecular flexibility index (Phi) is 6.96. The first-order chi connectivity index (χ1) is 16.9. The highest BCUT2D eigenvalue weighted by Gasteiger charge is 2.23. The van der Waals surface area contributed by atoms with Crippen molar-refractivity contribution in [2.45, 2.75) is 6.61 Å². The number of methoxy groups -OCH3 is 3. The van der Waals surface area contributed by atoms with Crippen LogP contribution in [0.4, 0.5) is 8.78 Å². The average molecular weight is 480 g/mol. The zero-order chi connectivity index (χ0) is 24.9. The van der Waals surface area contributed by atoms with E-state index in [1.807, 2.05) is 18.2 Å². The molecule has 0 aliphatic carbocycles. The van der Waals surface area contributed by atoms with E-state index in [1.54, 1.807) is 24.3 Å². The first kappa shape index (κ1) is 23.7. The number of ketones is 1. The summed E-state index contributed by atoms with van der Waals surface area (Å²) in [6.45, 7) is -3.02. The van der Waals surface area contributed by atoms with Crippen molar-refractivity contribution < 1.29 is 32.5 Å². The van der Waals surface area contributed by atoms with Crippen molar-refractivity contribution in [2.75, 3.05) is 21.3 Å². The van der Waals surface area contributed by atoms with Crippen LogP contribution in [0.2, 0.25) is 0 Å². The number of benzene rings is 3. The SMILES string of the molecule is COc1cc(C(=O)C(=Cc2ccccc2OC(F)F)c2nc3ccccc3[nH]2)cc(OC)c1OC. The molecule has 0 bridgehead atoms. The van der Waals surface area contributed by atoms with Crippen molar-refractivity contribution in [3.05, 3.63) is 77.6 Å². The smallest absolute Gasteiger partial charge is 0.387 e. The summed E-state index contributed by atoms with van der Waals surface area (Å²) < 4.78 is 46.7. The van der Waals surface area contributed by atoms with Gasteiger partial charge in [-0.05, 0) is 36.4 Å². The number of H-pyrrole nitrogens is 1. The Hall–Kier alpha value is -4.40. The minimum Gasteiger partial charge on any atom is -0.493 e. The highest BCUT2D eigenvalue weighted by molar-refractivity contribution is 6.32. The molecule has 35 heavy (non-hydrogen) atoms. The fourth-order valence-corrected chi connectivity index (χ4v) is 3.65. The molecule has 0 atom stereocenters. The van der Waals surface area contributed by atoms with Gasteiger partial charge < -0.3 is 23.9 Å². The molecular weight excluding hydrogens is 458 g/mol. The zero-order valence-electron chi connectivity index (χ0n) is 19.2. The molecule has 0 radical (unpaired) electrons. The number of ether oxygens (including phenoxy) is 4. The number of carbonyl (C=O) groups excluding carboxylic acids is 1. The molecule has 4 aromatic rings. The lowest BCUT2D eigenvalue weighted by molar-refractivity contribution is -0.0499. The van der Waals surface area contributed by atoms with Gasteiger partial charge in [0, 0.05) is 11.1 Å². The number of allylic oxidation sites excluding steroid dienone is 1. The molecule has 3 aromatic carbocycles. The van der Waals surface area contributed by atoms with Crippen LogP contribution in [0.3, 0.4) is 0 Å². The topological polar surface area (TPSA) is 82.7 Å². The van der Waals surface area contributed by atoms with E-state index < -0.39 is 12.4 Å². The molecule has 180 valence electrons. The third-order valence-electron chi connectivity index (χ3n) is 5.25. The monoisotopic (exact) mass is 480 g/mol. The number of fused-ring (bicyclic) bond motifs is 1. The predicted octanol–water partition coefficient (Wildman–Crippen LogP) is 5.61. The van der Waals surface area contributed by atoms with E-state index in [0.717, 1.165) is 0 Å². The molecule has 4 rings (SSSR count). The van der Waals surface area contributed by atoms with Gasteiger partial charge in [0.25, 0.3) is 0 Å². The van der Waals surface area contributed by atoms with Crippen LogP contribution in [0.15, 0.2) is 60.7 Å². The van der Waals surface area contributed by atoms with Gasteiger partial charge in [-0.2, -0.15) is 8.78 Å². The number of carbonyl (C=O) groups is 1.